The normalized spacial score (nSPS) is 16.0. The van der Waals surface area contributed by atoms with Gasteiger partial charge in [0.25, 0.3) is 0 Å². The van der Waals surface area contributed by atoms with Gasteiger partial charge in [-0.3, -0.25) is 4.99 Å². The van der Waals surface area contributed by atoms with Gasteiger partial charge in [0.05, 0.1) is 18.9 Å². The van der Waals surface area contributed by atoms with Crippen LogP contribution >= 0.6 is 24.0 Å². The molecule has 0 amide bonds. The van der Waals surface area contributed by atoms with Crippen LogP contribution in [0.15, 0.2) is 78.0 Å². The molecule has 2 aromatic carbocycles. The van der Waals surface area contributed by atoms with Crippen LogP contribution in [0.4, 0.5) is 0 Å². The van der Waals surface area contributed by atoms with Crippen molar-refractivity contribution < 1.29 is 4.74 Å². The minimum absolute atomic E-state index is 0. The fraction of sp³-hybridized carbons (Fsp3) is 0.385. The quantitative estimate of drug-likeness (QED) is 0.238. The fourth-order valence-electron chi connectivity index (χ4n) is 4.03. The number of hydrogen-bond acceptors (Lipinski definition) is 3. The summed E-state index contributed by atoms with van der Waals surface area (Å²) in [5.41, 5.74) is 3.59. The zero-order chi connectivity index (χ0) is 22.0. The third kappa shape index (κ3) is 7.57. The monoisotopic (exact) mass is 559 g/mol. The van der Waals surface area contributed by atoms with Gasteiger partial charge in [-0.25, -0.2) is 4.68 Å². The van der Waals surface area contributed by atoms with Crippen LogP contribution in [0.2, 0.25) is 0 Å². The highest BCUT2D eigenvalue weighted by Crippen LogP contribution is 2.17. The molecule has 1 aliphatic rings. The van der Waals surface area contributed by atoms with Crippen LogP contribution in [0, 0.1) is 5.92 Å². The first-order chi connectivity index (χ1) is 15.8. The summed E-state index contributed by atoms with van der Waals surface area (Å²) >= 11 is 0. The fourth-order valence-corrected chi connectivity index (χ4v) is 4.03. The Morgan fingerprint density at radius 1 is 1.09 bits per heavy atom. The van der Waals surface area contributed by atoms with Gasteiger partial charge in [0.1, 0.15) is 0 Å². The third-order valence-electron chi connectivity index (χ3n) is 5.75. The van der Waals surface area contributed by atoms with E-state index >= 15 is 0 Å². The van der Waals surface area contributed by atoms with E-state index < -0.39 is 0 Å². The summed E-state index contributed by atoms with van der Waals surface area (Å²) < 4.78 is 7.85. The maximum absolute atomic E-state index is 5.97. The molecule has 2 heterocycles. The Morgan fingerprint density at radius 3 is 2.64 bits per heavy atom. The van der Waals surface area contributed by atoms with Crippen molar-refractivity contribution in [2.24, 2.45) is 10.9 Å². The molecule has 3 aromatic rings. The van der Waals surface area contributed by atoms with Crippen molar-refractivity contribution in [1.82, 2.24) is 20.0 Å². The van der Waals surface area contributed by atoms with Gasteiger partial charge >= 0.3 is 0 Å². The lowest BCUT2D eigenvalue weighted by molar-refractivity contribution is 0.0907. The van der Waals surface area contributed by atoms with Crippen molar-refractivity contribution in [3.8, 4) is 5.69 Å². The van der Waals surface area contributed by atoms with Gasteiger partial charge in [-0.2, -0.15) is 5.10 Å². The number of aliphatic imine (C=N–C) groups is 1. The van der Waals surface area contributed by atoms with E-state index in [-0.39, 0.29) is 24.0 Å². The van der Waals surface area contributed by atoms with Crippen molar-refractivity contribution in [3.63, 3.8) is 0 Å². The Kier molecular flexibility index (Phi) is 10.2. The van der Waals surface area contributed by atoms with E-state index in [2.05, 4.69) is 70.8 Å². The number of benzene rings is 2. The standard InChI is InChI=1S/C26H33N5O.HI/c1-2-27-26(28-16-13-22-9-11-25(12-10-22)31-17-6-15-29-31)30-18-14-24(19-30)21-32-20-23-7-4-3-5-8-23;/h3-12,15,17,24H,2,13-14,16,18-21H2,1H3,(H,27,28);1H. The molecule has 0 spiro atoms. The minimum atomic E-state index is 0. The molecule has 4 rings (SSSR count). The lowest BCUT2D eigenvalue weighted by Gasteiger charge is -2.21. The van der Waals surface area contributed by atoms with E-state index in [1.54, 1.807) is 6.20 Å². The molecule has 0 saturated carbocycles. The van der Waals surface area contributed by atoms with Crippen molar-refractivity contribution in [2.45, 2.75) is 26.4 Å². The van der Waals surface area contributed by atoms with E-state index in [0.29, 0.717) is 12.5 Å². The Labute approximate surface area is 214 Å². The molecular formula is C26H34IN5O. The van der Waals surface area contributed by atoms with Crippen LogP contribution in [0.3, 0.4) is 0 Å². The topological polar surface area (TPSA) is 54.7 Å². The predicted octanol–water partition coefficient (Wildman–Crippen LogP) is 4.54. The SMILES string of the molecule is CCNC(=NCCc1ccc(-n2cccn2)cc1)N1CCC(COCc2ccccc2)C1.I. The molecule has 1 atom stereocenters. The molecule has 7 heteroatoms. The smallest absolute Gasteiger partial charge is 0.193 e. The van der Waals surface area contributed by atoms with Gasteiger partial charge in [-0.1, -0.05) is 42.5 Å². The van der Waals surface area contributed by atoms with Crippen LogP contribution in [0.1, 0.15) is 24.5 Å². The van der Waals surface area contributed by atoms with Crippen molar-refractivity contribution in [2.75, 3.05) is 32.8 Å². The molecular weight excluding hydrogens is 525 g/mol. The number of aromatic nitrogens is 2. The predicted molar refractivity (Wildman–Crippen MR) is 144 cm³/mol. The van der Waals surface area contributed by atoms with Gasteiger partial charge in [0, 0.05) is 44.5 Å². The summed E-state index contributed by atoms with van der Waals surface area (Å²) in [6, 6.07) is 20.9. The van der Waals surface area contributed by atoms with Gasteiger partial charge in [0.15, 0.2) is 5.96 Å². The number of ether oxygens (including phenoxy) is 1. The maximum atomic E-state index is 5.97. The largest absolute Gasteiger partial charge is 0.376 e. The number of hydrogen-bond donors (Lipinski definition) is 1. The van der Waals surface area contributed by atoms with Crippen LogP contribution in [0.25, 0.3) is 5.69 Å². The van der Waals surface area contributed by atoms with Crippen molar-refractivity contribution >= 4 is 29.9 Å². The lowest BCUT2D eigenvalue weighted by atomic mass is 10.1. The van der Waals surface area contributed by atoms with Gasteiger partial charge in [-0.15, -0.1) is 24.0 Å². The summed E-state index contributed by atoms with van der Waals surface area (Å²) in [4.78, 5) is 7.27. The molecule has 1 fully saturated rings. The molecule has 1 unspecified atom stereocenters. The Hall–Kier alpha value is -2.39. The van der Waals surface area contributed by atoms with E-state index in [1.807, 2.05) is 23.0 Å². The summed E-state index contributed by atoms with van der Waals surface area (Å²) in [6.07, 6.45) is 5.82. The number of nitrogens with one attached hydrogen (secondary N) is 1. The first kappa shape index (κ1) is 25.2. The molecule has 1 N–H and O–H groups in total. The molecule has 1 aliphatic heterocycles. The molecule has 0 radical (unpaired) electrons. The molecule has 33 heavy (non-hydrogen) atoms. The highest BCUT2D eigenvalue weighted by Gasteiger charge is 2.24. The Bertz CT molecular complexity index is 960. The zero-order valence-electron chi connectivity index (χ0n) is 19.3. The van der Waals surface area contributed by atoms with Crippen LogP contribution < -0.4 is 5.32 Å². The molecule has 0 bridgehead atoms. The molecule has 1 saturated heterocycles. The number of halogens is 1. The van der Waals surface area contributed by atoms with Gasteiger partial charge < -0.3 is 15.0 Å². The highest BCUT2D eigenvalue weighted by molar-refractivity contribution is 14.0. The van der Waals surface area contributed by atoms with E-state index in [4.69, 9.17) is 9.73 Å². The zero-order valence-corrected chi connectivity index (χ0v) is 21.6. The summed E-state index contributed by atoms with van der Waals surface area (Å²) in [6.45, 7) is 7.29. The second-order valence-electron chi connectivity index (χ2n) is 8.20. The second-order valence-corrected chi connectivity index (χ2v) is 8.20. The molecule has 176 valence electrons. The molecule has 6 nitrogen and oxygen atoms in total. The number of guanidine groups is 1. The van der Waals surface area contributed by atoms with Crippen molar-refractivity contribution in [3.05, 3.63) is 84.2 Å². The maximum Gasteiger partial charge on any atom is 0.193 e. The van der Waals surface area contributed by atoms with Crippen LogP contribution in [0.5, 0.6) is 0 Å². The average molecular weight is 559 g/mol. The van der Waals surface area contributed by atoms with Crippen LogP contribution in [-0.4, -0.2) is 53.4 Å². The lowest BCUT2D eigenvalue weighted by Crippen LogP contribution is -2.40. The Morgan fingerprint density at radius 2 is 1.91 bits per heavy atom. The van der Waals surface area contributed by atoms with E-state index in [1.165, 1.54) is 11.1 Å². The average Bonchev–Trinajstić information content (AvgIpc) is 3.53. The molecule has 0 aliphatic carbocycles. The highest BCUT2D eigenvalue weighted by atomic mass is 127. The number of nitrogens with zero attached hydrogens (tertiary/aromatic N) is 4. The second kappa shape index (κ2) is 13.3. The minimum Gasteiger partial charge on any atom is -0.376 e. The van der Waals surface area contributed by atoms with Gasteiger partial charge in [-0.05, 0) is 49.1 Å². The number of rotatable bonds is 9. The Balaban J connectivity index is 0.00000306. The van der Waals surface area contributed by atoms with Crippen molar-refractivity contribution in [1.29, 1.82) is 0 Å². The van der Waals surface area contributed by atoms with E-state index in [9.17, 15) is 0 Å². The first-order valence-corrected chi connectivity index (χ1v) is 11.6. The molecule has 1 aromatic heterocycles. The van der Waals surface area contributed by atoms with Gasteiger partial charge in [0.2, 0.25) is 0 Å². The third-order valence-corrected chi connectivity index (χ3v) is 5.75. The number of likely N-dealkylation sites (tertiary alicyclic amines) is 1. The summed E-state index contributed by atoms with van der Waals surface area (Å²) in [5.74, 6) is 1.57. The first-order valence-electron chi connectivity index (χ1n) is 11.6. The van der Waals surface area contributed by atoms with Crippen LogP contribution in [-0.2, 0) is 17.8 Å². The summed E-state index contributed by atoms with van der Waals surface area (Å²) in [5, 5.41) is 7.74. The summed E-state index contributed by atoms with van der Waals surface area (Å²) in [7, 11) is 0. The van der Waals surface area contributed by atoms with E-state index in [0.717, 1.165) is 57.3 Å².